The Labute approximate surface area is 169 Å². The zero-order chi connectivity index (χ0) is 20.4. The van der Waals surface area contributed by atoms with E-state index in [2.05, 4.69) is 16.3 Å². The van der Waals surface area contributed by atoms with Crippen LogP contribution in [0.2, 0.25) is 0 Å². The van der Waals surface area contributed by atoms with Crippen molar-refractivity contribution in [1.82, 2.24) is 4.90 Å². The van der Waals surface area contributed by atoms with E-state index in [1.54, 1.807) is 6.07 Å². The van der Waals surface area contributed by atoms with Crippen molar-refractivity contribution in [3.63, 3.8) is 0 Å². The summed E-state index contributed by atoms with van der Waals surface area (Å²) in [6.07, 6.45) is 0. The van der Waals surface area contributed by atoms with E-state index in [0.717, 1.165) is 28.9 Å². The van der Waals surface area contributed by atoms with E-state index in [0.29, 0.717) is 11.4 Å². The Kier molecular flexibility index (Phi) is 5.23. The fraction of sp³-hybridized carbons (Fsp3) is 0.167. The summed E-state index contributed by atoms with van der Waals surface area (Å²) in [6.45, 7) is 0.802. The van der Waals surface area contributed by atoms with Crippen molar-refractivity contribution in [2.24, 2.45) is 4.99 Å². The molecule has 0 aromatic heterocycles. The minimum Gasteiger partial charge on any atom is -0.325 e. The molecule has 4 nitrogen and oxygen atoms in total. The number of carbonyl (C=O) groups excluding carboxylic acids is 1. The predicted molar refractivity (Wildman–Crippen MR) is 114 cm³/mol. The van der Waals surface area contributed by atoms with E-state index in [1.807, 2.05) is 62.6 Å². The average molecular weight is 387 g/mol. The van der Waals surface area contributed by atoms with Gasteiger partial charge in [-0.2, -0.15) is 0 Å². The number of nitrogens with one attached hydrogen (secondary N) is 1. The highest BCUT2D eigenvalue weighted by atomic mass is 19.1. The molecule has 1 atom stereocenters. The molecule has 1 aliphatic rings. The highest BCUT2D eigenvalue weighted by Gasteiger charge is 2.35. The summed E-state index contributed by atoms with van der Waals surface area (Å²) in [5.74, 6) is -1.16. The van der Waals surface area contributed by atoms with Gasteiger partial charge in [0, 0.05) is 12.2 Å². The molecule has 0 saturated heterocycles. The largest absolute Gasteiger partial charge is 0.325 e. The van der Waals surface area contributed by atoms with E-state index in [-0.39, 0.29) is 11.7 Å². The van der Waals surface area contributed by atoms with Crippen LogP contribution in [0.5, 0.6) is 0 Å². The normalized spacial score (nSPS) is 16.1. The van der Waals surface area contributed by atoms with Gasteiger partial charge in [0.1, 0.15) is 11.7 Å². The molecule has 0 radical (unpaired) electrons. The Bertz CT molecular complexity index is 1080. The minimum absolute atomic E-state index is 0.197. The van der Waals surface area contributed by atoms with Crippen LogP contribution in [0.3, 0.4) is 0 Å². The molecule has 1 amide bonds. The number of benzene rings is 3. The Balaban J connectivity index is 1.83. The third-order valence-electron chi connectivity index (χ3n) is 4.85. The molecule has 29 heavy (non-hydrogen) atoms. The van der Waals surface area contributed by atoms with Crippen molar-refractivity contribution in [2.45, 2.75) is 12.5 Å². The number of halogens is 1. The van der Waals surface area contributed by atoms with E-state index in [4.69, 9.17) is 4.99 Å². The second kappa shape index (κ2) is 7.97. The maximum Gasteiger partial charge on any atom is 0.238 e. The number of carbonyl (C=O) groups is 1. The first kappa shape index (κ1) is 19.0. The smallest absolute Gasteiger partial charge is 0.238 e. The SMILES string of the molecule is CN(C)Cc1cccc(N=C(c2ccccc2)C2C(=O)Nc3cc(F)ccc32)c1. The average Bonchev–Trinajstić information content (AvgIpc) is 3.01. The van der Waals surface area contributed by atoms with E-state index >= 15 is 0 Å². The maximum atomic E-state index is 13.7. The molecular formula is C24H22FN3O. The molecule has 0 bridgehead atoms. The molecule has 0 aliphatic carbocycles. The second-order valence-electron chi connectivity index (χ2n) is 7.42. The highest BCUT2D eigenvalue weighted by Crippen LogP contribution is 2.36. The van der Waals surface area contributed by atoms with Crippen molar-refractivity contribution in [2.75, 3.05) is 19.4 Å². The van der Waals surface area contributed by atoms with Gasteiger partial charge in [0.15, 0.2) is 0 Å². The number of hydrogen-bond donors (Lipinski definition) is 1. The summed E-state index contributed by atoms with van der Waals surface area (Å²) < 4.78 is 13.7. The molecule has 4 rings (SSSR count). The van der Waals surface area contributed by atoms with Gasteiger partial charge in [0.25, 0.3) is 0 Å². The number of amides is 1. The lowest BCUT2D eigenvalue weighted by atomic mass is 9.90. The number of aliphatic imine (C=N–C) groups is 1. The van der Waals surface area contributed by atoms with Crippen LogP contribution >= 0.6 is 0 Å². The van der Waals surface area contributed by atoms with Gasteiger partial charge in [-0.1, -0.05) is 48.5 Å². The fourth-order valence-electron chi connectivity index (χ4n) is 3.64. The van der Waals surface area contributed by atoms with Gasteiger partial charge in [0.05, 0.1) is 11.4 Å². The quantitative estimate of drug-likeness (QED) is 0.643. The van der Waals surface area contributed by atoms with Crippen molar-refractivity contribution < 1.29 is 9.18 Å². The summed E-state index contributed by atoms with van der Waals surface area (Å²) in [4.78, 5) is 19.8. The molecule has 5 heteroatoms. The lowest BCUT2D eigenvalue weighted by Crippen LogP contribution is -2.22. The Morgan fingerprint density at radius 2 is 1.83 bits per heavy atom. The zero-order valence-electron chi connectivity index (χ0n) is 16.4. The minimum atomic E-state index is -0.592. The lowest BCUT2D eigenvalue weighted by Gasteiger charge is -2.15. The third kappa shape index (κ3) is 4.10. The number of rotatable bonds is 5. The van der Waals surface area contributed by atoms with Gasteiger partial charge in [-0.3, -0.25) is 9.79 Å². The zero-order valence-corrected chi connectivity index (χ0v) is 16.4. The maximum absolute atomic E-state index is 13.7. The number of fused-ring (bicyclic) bond motifs is 1. The molecular weight excluding hydrogens is 365 g/mol. The molecule has 1 unspecified atom stereocenters. The first-order valence-electron chi connectivity index (χ1n) is 9.49. The molecule has 1 aliphatic heterocycles. The van der Waals surface area contributed by atoms with Crippen LogP contribution in [0.15, 0.2) is 77.8 Å². The van der Waals surface area contributed by atoms with Crippen LogP contribution in [0.1, 0.15) is 22.6 Å². The number of hydrogen-bond acceptors (Lipinski definition) is 3. The van der Waals surface area contributed by atoms with Crippen LogP contribution < -0.4 is 5.32 Å². The second-order valence-corrected chi connectivity index (χ2v) is 7.42. The third-order valence-corrected chi connectivity index (χ3v) is 4.85. The Hall–Kier alpha value is -3.31. The van der Waals surface area contributed by atoms with Crippen LogP contribution in [-0.4, -0.2) is 30.6 Å². The van der Waals surface area contributed by atoms with Crippen molar-refractivity contribution in [1.29, 1.82) is 0 Å². The van der Waals surface area contributed by atoms with Gasteiger partial charge in [-0.05, 0) is 55.1 Å². The standard InChI is InChI=1S/C24H22FN3O/c1-28(2)15-16-7-6-10-19(13-16)26-23(17-8-4-3-5-9-17)22-20-12-11-18(25)14-21(20)27-24(22)29/h3-14,22H,15H2,1-2H3,(H,27,29). The molecule has 0 saturated carbocycles. The fourth-order valence-corrected chi connectivity index (χ4v) is 3.64. The molecule has 1 N–H and O–H groups in total. The van der Waals surface area contributed by atoms with Gasteiger partial charge >= 0.3 is 0 Å². The van der Waals surface area contributed by atoms with Crippen LogP contribution in [0, 0.1) is 5.82 Å². The Morgan fingerprint density at radius 3 is 2.59 bits per heavy atom. The molecule has 0 spiro atoms. The van der Waals surface area contributed by atoms with Gasteiger partial charge in [0.2, 0.25) is 5.91 Å². The van der Waals surface area contributed by atoms with Gasteiger partial charge in [-0.25, -0.2) is 4.39 Å². The van der Waals surface area contributed by atoms with Crippen molar-refractivity contribution in [3.8, 4) is 0 Å². The number of anilines is 1. The van der Waals surface area contributed by atoms with Crippen LogP contribution in [0.25, 0.3) is 0 Å². The molecule has 146 valence electrons. The highest BCUT2D eigenvalue weighted by molar-refractivity contribution is 6.24. The van der Waals surface area contributed by atoms with Gasteiger partial charge in [-0.15, -0.1) is 0 Å². The van der Waals surface area contributed by atoms with E-state index < -0.39 is 5.92 Å². The summed E-state index contributed by atoms with van der Waals surface area (Å²) >= 11 is 0. The van der Waals surface area contributed by atoms with Crippen LogP contribution in [0.4, 0.5) is 15.8 Å². The first-order valence-corrected chi connectivity index (χ1v) is 9.49. The summed E-state index contributed by atoms with van der Waals surface area (Å²) in [5, 5.41) is 2.80. The first-order chi connectivity index (χ1) is 14.0. The molecule has 3 aromatic carbocycles. The van der Waals surface area contributed by atoms with Crippen LogP contribution in [-0.2, 0) is 11.3 Å². The summed E-state index contributed by atoms with van der Waals surface area (Å²) in [6, 6.07) is 22.0. The van der Waals surface area contributed by atoms with Gasteiger partial charge < -0.3 is 10.2 Å². The predicted octanol–water partition coefficient (Wildman–Crippen LogP) is 4.74. The van der Waals surface area contributed by atoms with Crippen molar-refractivity contribution in [3.05, 3.63) is 95.3 Å². The van der Waals surface area contributed by atoms with Crippen molar-refractivity contribution >= 4 is 23.0 Å². The molecule has 1 heterocycles. The Morgan fingerprint density at radius 1 is 1.03 bits per heavy atom. The lowest BCUT2D eigenvalue weighted by molar-refractivity contribution is -0.115. The van der Waals surface area contributed by atoms with E-state index in [9.17, 15) is 9.18 Å². The topological polar surface area (TPSA) is 44.7 Å². The summed E-state index contributed by atoms with van der Waals surface area (Å²) in [7, 11) is 4.04. The molecule has 3 aromatic rings. The molecule has 0 fully saturated rings. The van der Waals surface area contributed by atoms with E-state index in [1.165, 1.54) is 12.1 Å². The number of nitrogens with zero attached hydrogens (tertiary/aromatic N) is 2. The monoisotopic (exact) mass is 387 g/mol. The summed E-state index contributed by atoms with van der Waals surface area (Å²) in [5.41, 5.74) is 4.68.